The third-order valence-corrected chi connectivity index (χ3v) is 3.66. The summed E-state index contributed by atoms with van der Waals surface area (Å²) in [6.45, 7) is 2.31. The monoisotopic (exact) mass is 402 g/mol. The summed E-state index contributed by atoms with van der Waals surface area (Å²) in [6, 6.07) is 10.0. The molecule has 0 bridgehead atoms. The molecule has 1 aromatic heterocycles. The maximum absolute atomic E-state index is 12.2. The van der Waals surface area contributed by atoms with E-state index in [1.54, 1.807) is 37.3 Å². The number of benzene rings is 1. The van der Waals surface area contributed by atoms with Gasteiger partial charge in [-0.3, -0.25) is 9.59 Å². The lowest BCUT2D eigenvalue weighted by Gasteiger charge is -2.11. The first-order valence-corrected chi connectivity index (χ1v) is 9.06. The number of esters is 1. The Hall–Kier alpha value is -3.24. The number of furan rings is 1. The smallest absolute Gasteiger partial charge is 0.312 e. The van der Waals surface area contributed by atoms with Crippen molar-refractivity contribution in [2.75, 3.05) is 12.5 Å². The number of hydrogen-bond donors (Lipinski definition) is 1. The van der Waals surface area contributed by atoms with Gasteiger partial charge in [0.1, 0.15) is 17.4 Å². The molecule has 0 aliphatic carbocycles. The Morgan fingerprint density at radius 1 is 1.32 bits per heavy atom. The average molecular weight is 403 g/mol. The summed E-state index contributed by atoms with van der Waals surface area (Å²) in [5.74, 6) is 0.293. The molecule has 0 aliphatic rings. The van der Waals surface area contributed by atoms with Gasteiger partial charge in [0.2, 0.25) is 0 Å². The van der Waals surface area contributed by atoms with E-state index >= 15 is 0 Å². The van der Waals surface area contributed by atoms with Gasteiger partial charge in [0.25, 0.3) is 5.91 Å². The topological polar surface area (TPSA) is 102 Å². The van der Waals surface area contributed by atoms with Crippen molar-refractivity contribution in [2.45, 2.75) is 19.9 Å². The largest absolute Gasteiger partial charge is 0.490 e. The minimum Gasteiger partial charge on any atom is -0.490 e. The summed E-state index contributed by atoms with van der Waals surface area (Å²) in [5, 5.41) is 11.9. The molecular weight excluding hydrogens is 384 g/mol. The van der Waals surface area contributed by atoms with Crippen molar-refractivity contribution >= 4 is 29.6 Å². The van der Waals surface area contributed by atoms with Crippen molar-refractivity contribution in [2.24, 2.45) is 0 Å². The Balaban J connectivity index is 2.17. The fourth-order valence-corrected chi connectivity index (χ4v) is 2.36. The highest BCUT2D eigenvalue weighted by molar-refractivity contribution is 6.18. The van der Waals surface area contributed by atoms with Gasteiger partial charge in [0.15, 0.2) is 11.5 Å². The van der Waals surface area contributed by atoms with Crippen molar-refractivity contribution in [1.29, 1.82) is 5.26 Å². The third-order valence-electron chi connectivity index (χ3n) is 3.47. The number of nitrogens with zero attached hydrogens (tertiary/aromatic N) is 1. The van der Waals surface area contributed by atoms with Crippen molar-refractivity contribution in [1.82, 2.24) is 5.32 Å². The standard InChI is InChI=1S/C20H19ClN2O5/c1-2-26-18-11-14(5-6-17(18)28-19(24)7-8-21)10-15(12-22)20(25)23-13-16-4-3-9-27-16/h3-6,9-11H,2,7-8,13H2,1H3,(H,23,25)/b15-10+. The summed E-state index contributed by atoms with van der Waals surface area (Å²) < 4.78 is 15.9. The van der Waals surface area contributed by atoms with Gasteiger partial charge in [0, 0.05) is 5.88 Å². The Morgan fingerprint density at radius 2 is 2.14 bits per heavy atom. The second kappa shape index (κ2) is 10.8. The van der Waals surface area contributed by atoms with Gasteiger partial charge in [-0.2, -0.15) is 5.26 Å². The second-order valence-corrected chi connectivity index (χ2v) is 5.86. The summed E-state index contributed by atoms with van der Waals surface area (Å²) in [6.07, 6.45) is 2.99. The van der Waals surface area contributed by atoms with Gasteiger partial charge in [-0.1, -0.05) is 6.07 Å². The lowest BCUT2D eigenvalue weighted by atomic mass is 10.1. The molecule has 7 nitrogen and oxygen atoms in total. The molecular formula is C20H19ClN2O5. The molecule has 0 unspecified atom stereocenters. The number of alkyl halides is 1. The predicted molar refractivity (Wildman–Crippen MR) is 103 cm³/mol. The average Bonchev–Trinajstić information content (AvgIpc) is 3.20. The minimum atomic E-state index is -0.533. The third kappa shape index (κ3) is 6.18. The molecule has 0 atom stereocenters. The quantitative estimate of drug-likeness (QED) is 0.227. The first-order chi connectivity index (χ1) is 13.6. The zero-order chi connectivity index (χ0) is 20.4. The first-order valence-electron chi connectivity index (χ1n) is 8.53. The Bertz CT molecular complexity index is 884. The van der Waals surface area contributed by atoms with Gasteiger partial charge >= 0.3 is 5.97 Å². The van der Waals surface area contributed by atoms with E-state index in [0.717, 1.165) is 0 Å². The fraction of sp³-hybridized carbons (Fsp3) is 0.250. The molecule has 0 fully saturated rings. The molecule has 8 heteroatoms. The van der Waals surface area contributed by atoms with Gasteiger partial charge in [-0.25, -0.2) is 0 Å². The zero-order valence-electron chi connectivity index (χ0n) is 15.2. The van der Waals surface area contributed by atoms with E-state index in [1.807, 2.05) is 6.07 Å². The summed E-state index contributed by atoms with van der Waals surface area (Å²) >= 11 is 5.54. The number of hydrogen-bond acceptors (Lipinski definition) is 6. The van der Waals surface area contributed by atoms with Crippen LogP contribution in [0.1, 0.15) is 24.7 Å². The number of carbonyl (C=O) groups excluding carboxylic acids is 2. The molecule has 2 aromatic rings. The van der Waals surface area contributed by atoms with Crippen LogP contribution in [0.3, 0.4) is 0 Å². The van der Waals surface area contributed by atoms with Crippen LogP contribution in [0.5, 0.6) is 11.5 Å². The van der Waals surface area contributed by atoms with E-state index in [4.69, 9.17) is 25.5 Å². The zero-order valence-corrected chi connectivity index (χ0v) is 16.0. The summed E-state index contributed by atoms with van der Waals surface area (Å²) in [4.78, 5) is 23.9. The maximum Gasteiger partial charge on any atom is 0.312 e. The van der Waals surface area contributed by atoms with Crippen LogP contribution in [0.25, 0.3) is 6.08 Å². The van der Waals surface area contributed by atoms with Gasteiger partial charge < -0.3 is 19.2 Å². The highest BCUT2D eigenvalue weighted by atomic mass is 35.5. The summed E-state index contributed by atoms with van der Waals surface area (Å²) in [5.41, 5.74) is 0.464. The number of rotatable bonds is 9. The van der Waals surface area contributed by atoms with Crippen LogP contribution >= 0.6 is 11.6 Å². The lowest BCUT2D eigenvalue weighted by Crippen LogP contribution is -2.23. The van der Waals surface area contributed by atoms with Crippen molar-refractivity contribution < 1.29 is 23.5 Å². The molecule has 1 heterocycles. The number of nitrogens with one attached hydrogen (secondary N) is 1. The molecule has 0 saturated heterocycles. The van der Waals surface area contributed by atoms with Gasteiger partial charge in [-0.15, -0.1) is 11.6 Å². The number of carbonyl (C=O) groups is 2. The lowest BCUT2D eigenvalue weighted by molar-refractivity contribution is -0.134. The maximum atomic E-state index is 12.2. The van der Waals surface area contributed by atoms with E-state index < -0.39 is 11.9 Å². The first kappa shape index (κ1) is 21.1. The molecule has 0 aliphatic heterocycles. The highest BCUT2D eigenvalue weighted by Crippen LogP contribution is 2.29. The Kier molecular flexibility index (Phi) is 8.12. The van der Waals surface area contributed by atoms with Crippen LogP contribution in [0.15, 0.2) is 46.6 Å². The van der Waals surface area contributed by atoms with Crippen LogP contribution in [0, 0.1) is 11.3 Å². The molecule has 28 heavy (non-hydrogen) atoms. The van der Waals surface area contributed by atoms with Gasteiger partial charge in [-0.05, 0) is 42.8 Å². The Labute approximate surface area is 167 Å². The van der Waals surface area contributed by atoms with Crippen LogP contribution in [-0.2, 0) is 16.1 Å². The van der Waals surface area contributed by atoms with Crippen LogP contribution in [0.4, 0.5) is 0 Å². The molecule has 146 valence electrons. The highest BCUT2D eigenvalue weighted by Gasteiger charge is 2.13. The molecule has 0 radical (unpaired) electrons. The van der Waals surface area contributed by atoms with Crippen molar-refractivity contribution in [3.8, 4) is 17.6 Å². The van der Waals surface area contributed by atoms with E-state index in [2.05, 4.69) is 5.32 Å². The molecule has 1 amide bonds. The SMILES string of the molecule is CCOc1cc(/C=C(\C#N)C(=O)NCc2ccco2)ccc1OC(=O)CCCl. The number of amides is 1. The Morgan fingerprint density at radius 3 is 2.79 bits per heavy atom. The number of nitriles is 1. The van der Waals surface area contributed by atoms with E-state index in [-0.39, 0.29) is 30.2 Å². The van der Waals surface area contributed by atoms with E-state index in [1.165, 1.54) is 12.3 Å². The van der Waals surface area contributed by atoms with Crippen molar-refractivity contribution in [3.05, 3.63) is 53.5 Å². The molecule has 1 N–H and O–H groups in total. The second-order valence-electron chi connectivity index (χ2n) is 5.48. The fourth-order valence-electron chi connectivity index (χ4n) is 2.21. The van der Waals surface area contributed by atoms with Crippen LogP contribution in [-0.4, -0.2) is 24.4 Å². The normalized spacial score (nSPS) is 10.8. The van der Waals surface area contributed by atoms with Crippen LogP contribution in [0.2, 0.25) is 0 Å². The number of ether oxygens (including phenoxy) is 2. The van der Waals surface area contributed by atoms with Crippen LogP contribution < -0.4 is 14.8 Å². The molecule has 1 aromatic carbocycles. The van der Waals surface area contributed by atoms with E-state index in [0.29, 0.717) is 23.7 Å². The van der Waals surface area contributed by atoms with E-state index in [9.17, 15) is 14.9 Å². The molecule has 2 rings (SSSR count). The van der Waals surface area contributed by atoms with Gasteiger partial charge in [0.05, 0.1) is 25.8 Å². The number of halogens is 1. The summed E-state index contributed by atoms with van der Waals surface area (Å²) in [7, 11) is 0. The molecule has 0 spiro atoms. The minimum absolute atomic E-state index is 0.0726. The van der Waals surface area contributed by atoms with Crippen molar-refractivity contribution in [3.63, 3.8) is 0 Å². The predicted octanol–water partition coefficient (Wildman–Crippen LogP) is 3.44. The molecule has 0 saturated carbocycles.